The van der Waals surface area contributed by atoms with Crippen LogP contribution in [0.1, 0.15) is 5.56 Å². The average Bonchev–Trinajstić information content (AvgIpc) is 3.45. The lowest BCUT2D eigenvalue weighted by Gasteiger charge is -2.13. The molecule has 1 amide bonds. The Morgan fingerprint density at radius 3 is 2.59 bits per heavy atom. The summed E-state index contributed by atoms with van der Waals surface area (Å²) < 4.78 is 12.2. The highest BCUT2D eigenvalue weighted by atomic mass is 32.1. The van der Waals surface area contributed by atoms with Gasteiger partial charge >= 0.3 is 0 Å². The van der Waals surface area contributed by atoms with Gasteiger partial charge in [-0.15, -0.1) is 11.7 Å². The monoisotopic (exact) mass is 446 g/mol. The minimum atomic E-state index is -0.372. The molecule has 0 saturated heterocycles. The van der Waals surface area contributed by atoms with Crippen molar-refractivity contribution >= 4 is 33.5 Å². The van der Waals surface area contributed by atoms with Crippen molar-refractivity contribution in [1.29, 1.82) is 0 Å². The van der Waals surface area contributed by atoms with Crippen LogP contribution >= 0.6 is 11.3 Å². The molecular weight excluding hydrogens is 428 g/mol. The molecule has 32 heavy (non-hydrogen) atoms. The molecule has 1 aliphatic rings. The number of methoxy groups -OCH3 is 2. The van der Waals surface area contributed by atoms with Gasteiger partial charge < -0.3 is 14.4 Å². The highest BCUT2D eigenvalue weighted by Gasteiger charge is 2.33. The number of thiazole rings is 1. The number of aromatic nitrogens is 3. The predicted octanol–water partition coefficient (Wildman–Crippen LogP) is 2.29. The molecule has 0 saturated carbocycles. The van der Waals surface area contributed by atoms with Crippen molar-refractivity contribution in [3.63, 3.8) is 0 Å². The van der Waals surface area contributed by atoms with Gasteiger partial charge in [0.25, 0.3) is 11.5 Å². The van der Waals surface area contributed by atoms with Gasteiger partial charge in [0.1, 0.15) is 4.53 Å². The van der Waals surface area contributed by atoms with Crippen LogP contribution < -0.4 is 24.5 Å². The van der Waals surface area contributed by atoms with E-state index in [9.17, 15) is 9.59 Å². The van der Waals surface area contributed by atoms with Crippen LogP contribution in [-0.2, 0) is 4.79 Å². The van der Waals surface area contributed by atoms with Crippen molar-refractivity contribution in [2.24, 2.45) is 0 Å². The zero-order valence-corrected chi connectivity index (χ0v) is 18.2. The Bertz CT molecular complexity index is 1500. The molecule has 0 radical (unpaired) electrons. The van der Waals surface area contributed by atoms with E-state index in [0.717, 1.165) is 22.6 Å². The van der Waals surface area contributed by atoms with Crippen LogP contribution in [0.4, 0.5) is 5.69 Å². The predicted molar refractivity (Wildman–Crippen MR) is 122 cm³/mol. The molecule has 0 unspecified atom stereocenters. The largest absolute Gasteiger partial charge is 0.493 e. The number of para-hydroxylation sites is 1. The number of fused-ring (bicyclic) bond motifs is 2. The van der Waals surface area contributed by atoms with E-state index in [0.29, 0.717) is 44.5 Å². The summed E-state index contributed by atoms with van der Waals surface area (Å²) in [6, 6.07) is 12.7. The van der Waals surface area contributed by atoms with E-state index >= 15 is 0 Å². The summed E-state index contributed by atoms with van der Waals surface area (Å²) >= 11 is 1.15. The fourth-order valence-corrected chi connectivity index (χ4v) is 4.79. The Morgan fingerprint density at radius 2 is 1.88 bits per heavy atom. The molecule has 9 heteroatoms. The zero-order chi connectivity index (χ0) is 22.4. The second kappa shape index (κ2) is 7.61. The lowest BCUT2D eigenvalue weighted by atomic mass is 10.1. The lowest BCUT2D eigenvalue weighted by Crippen LogP contribution is -2.32. The molecule has 0 atom stereocenters. The first-order chi connectivity index (χ1) is 15.6. The second-order valence-corrected chi connectivity index (χ2v) is 8.01. The molecule has 0 spiro atoms. The fourth-order valence-electron chi connectivity index (χ4n) is 3.79. The lowest BCUT2D eigenvalue weighted by molar-refractivity contribution is -0.112. The fraction of sp³-hybridized carbons (Fsp3) is 0.130. The third-order valence-electron chi connectivity index (χ3n) is 5.26. The maximum absolute atomic E-state index is 13.2. The van der Waals surface area contributed by atoms with Gasteiger partial charge in [-0.2, -0.15) is 9.50 Å². The number of nitrogens with zero attached hydrogens (tertiary/aromatic N) is 4. The molecule has 5 rings (SSSR count). The van der Waals surface area contributed by atoms with Crippen LogP contribution in [0.15, 0.2) is 59.9 Å². The van der Waals surface area contributed by atoms with Crippen molar-refractivity contribution in [2.75, 3.05) is 25.7 Å². The molecule has 0 fully saturated rings. The average molecular weight is 446 g/mol. The normalized spacial score (nSPS) is 14.7. The summed E-state index contributed by atoms with van der Waals surface area (Å²) in [4.78, 5) is 32.9. The number of amides is 1. The van der Waals surface area contributed by atoms with Gasteiger partial charge in [0.15, 0.2) is 17.3 Å². The highest BCUT2D eigenvalue weighted by Crippen LogP contribution is 2.35. The maximum atomic E-state index is 13.2. The standard InChI is InChI=1S/C23H18N4O4S/c1-4-11-26-15-8-6-5-7-14(15)18(21(26)28)19-22(29)27-23(32-19)24-20(25-27)13-9-10-16(30-2)17(12-13)31-3/h4-10,12H,1,11H2,2-3H3. The molecule has 160 valence electrons. The Hall–Kier alpha value is -3.98. The molecule has 3 heterocycles. The molecule has 2 aromatic heterocycles. The van der Waals surface area contributed by atoms with Gasteiger partial charge in [-0.3, -0.25) is 9.59 Å². The van der Waals surface area contributed by atoms with Crippen molar-refractivity contribution in [3.05, 3.63) is 75.6 Å². The maximum Gasteiger partial charge on any atom is 0.291 e. The first-order valence-electron chi connectivity index (χ1n) is 9.75. The summed E-state index contributed by atoms with van der Waals surface area (Å²) in [6.45, 7) is 4.09. The van der Waals surface area contributed by atoms with Gasteiger partial charge in [-0.25, -0.2) is 0 Å². The highest BCUT2D eigenvalue weighted by molar-refractivity contribution is 7.15. The van der Waals surface area contributed by atoms with Gasteiger partial charge in [-0.05, 0) is 24.3 Å². The molecule has 4 aromatic rings. The number of hydrogen-bond acceptors (Lipinski definition) is 7. The van der Waals surface area contributed by atoms with E-state index in [1.807, 2.05) is 24.3 Å². The molecule has 2 aromatic carbocycles. The van der Waals surface area contributed by atoms with Crippen molar-refractivity contribution < 1.29 is 14.3 Å². The summed E-state index contributed by atoms with van der Waals surface area (Å²) in [5.41, 5.74) is 2.17. The topological polar surface area (TPSA) is 86.0 Å². The second-order valence-electron chi connectivity index (χ2n) is 7.03. The molecule has 1 aliphatic heterocycles. The van der Waals surface area contributed by atoms with E-state index in [-0.39, 0.29) is 11.5 Å². The van der Waals surface area contributed by atoms with Crippen LogP contribution in [0.2, 0.25) is 0 Å². The summed E-state index contributed by atoms with van der Waals surface area (Å²) in [7, 11) is 3.11. The number of rotatable bonds is 5. The van der Waals surface area contributed by atoms with E-state index in [1.54, 1.807) is 43.4 Å². The van der Waals surface area contributed by atoms with Crippen molar-refractivity contribution in [2.45, 2.75) is 0 Å². The zero-order valence-electron chi connectivity index (χ0n) is 17.4. The Labute approximate surface area is 186 Å². The van der Waals surface area contributed by atoms with Crippen LogP contribution in [0, 0.1) is 0 Å². The number of benzene rings is 2. The van der Waals surface area contributed by atoms with Gasteiger partial charge in [-0.1, -0.05) is 35.6 Å². The van der Waals surface area contributed by atoms with Crippen LogP contribution in [-0.4, -0.2) is 41.3 Å². The molecule has 0 bridgehead atoms. The van der Waals surface area contributed by atoms with E-state index < -0.39 is 0 Å². The quantitative estimate of drug-likeness (QED) is 0.437. The van der Waals surface area contributed by atoms with Crippen LogP contribution in [0.3, 0.4) is 0 Å². The van der Waals surface area contributed by atoms with Crippen molar-refractivity contribution in [3.8, 4) is 22.9 Å². The Kier molecular flexibility index (Phi) is 4.75. The van der Waals surface area contributed by atoms with E-state index in [1.165, 1.54) is 4.52 Å². The Morgan fingerprint density at radius 1 is 1.09 bits per heavy atom. The SMILES string of the molecule is C=CCN1C(=O)C(=c2sc3nc(-c4ccc(OC)c(OC)c4)nn3c2=O)c2ccccc21. The number of hydrogen-bond donors (Lipinski definition) is 0. The number of ether oxygens (including phenoxy) is 2. The van der Waals surface area contributed by atoms with Crippen LogP contribution in [0.25, 0.3) is 21.9 Å². The smallest absolute Gasteiger partial charge is 0.291 e. The summed E-state index contributed by atoms with van der Waals surface area (Å²) in [5, 5.41) is 4.39. The molecular formula is C23H18N4O4S. The van der Waals surface area contributed by atoms with E-state index in [2.05, 4.69) is 16.7 Å². The third kappa shape index (κ3) is 2.89. The van der Waals surface area contributed by atoms with Crippen molar-refractivity contribution in [1.82, 2.24) is 14.6 Å². The number of carbonyl (C=O) groups is 1. The van der Waals surface area contributed by atoms with Gasteiger partial charge in [0.2, 0.25) is 4.96 Å². The minimum absolute atomic E-state index is 0.229. The van der Waals surface area contributed by atoms with E-state index in [4.69, 9.17) is 9.47 Å². The third-order valence-corrected chi connectivity index (χ3v) is 6.29. The molecule has 8 nitrogen and oxygen atoms in total. The molecule has 0 aliphatic carbocycles. The van der Waals surface area contributed by atoms with Gasteiger partial charge in [0.05, 0.1) is 25.5 Å². The molecule has 0 N–H and O–H groups in total. The Balaban J connectivity index is 1.67. The number of anilines is 1. The van der Waals surface area contributed by atoms with Crippen LogP contribution in [0.5, 0.6) is 11.5 Å². The van der Waals surface area contributed by atoms with Gasteiger partial charge in [0, 0.05) is 17.7 Å². The minimum Gasteiger partial charge on any atom is -0.493 e. The summed E-state index contributed by atoms with van der Waals surface area (Å²) in [6.07, 6.45) is 1.66. The first-order valence-corrected chi connectivity index (χ1v) is 10.6. The number of carbonyl (C=O) groups excluding carboxylic acids is 1. The first kappa shape index (κ1) is 20.0. The summed E-state index contributed by atoms with van der Waals surface area (Å²) in [5.74, 6) is 1.28.